The van der Waals surface area contributed by atoms with Gasteiger partial charge in [0.05, 0.1) is 6.54 Å². The Hall–Kier alpha value is -1.64. The van der Waals surface area contributed by atoms with Crippen molar-refractivity contribution in [2.45, 2.75) is 33.9 Å². The summed E-state index contributed by atoms with van der Waals surface area (Å²) in [5.41, 5.74) is 1.51. The fraction of sp³-hybridized carbons (Fsp3) is 0.444. The van der Waals surface area contributed by atoms with Gasteiger partial charge in [0.1, 0.15) is 5.82 Å². The van der Waals surface area contributed by atoms with Gasteiger partial charge in [-0.15, -0.1) is 24.0 Å². The highest BCUT2D eigenvalue weighted by Crippen LogP contribution is 2.10. The monoisotopic (exact) mass is 459 g/mol. The van der Waals surface area contributed by atoms with Crippen LogP contribution in [0, 0.1) is 18.7 Å². The van der Waals surface area contributed by atoms with Gasteiger partial charge < -0.3 is 10.6 Å². The molecule has 2 N–H and O–H groups in total. The highest BCUT2D eigenvalue weighted by Gasteiger charge is 2.06. The molecule has 1 aromatic heterocycles. The van der Waals surface area contributed by atoms with Crippen molar-refractivity contribution in [3.63, 3.8) is 0 Å². The average molecular weight is 459 g/mol. The molecule has 1 aromatic carbocycles. The van der Waals surface area contributed by atoms with Crippen LogP contribution < -0.4 is 10.6 Å². The Morgan fingerprint density at radius 2 is 2.16 bits per heavy atom. The summed E-state index contributed by atoms with van der Waals surface area (Å²) in [6.45, 7) is 8.80. The molecule has 25 heavy (non-hydrogen) atoms. The van der Waals surface area contributed by atoms with Crippen LogP contribution in [0.15, 0.2) is 41.7 Å². The number of nitrogens with zero attached hydrogens (tertiary/aromatic N) is 3. The molecule has 0 radical (unpaired) electrons. The van der Waals surface area contributed by atoms with E-state index in [-0.39, 0.29) is 29.8 Å². The molecule has 1 heterocycles. The van der Waals surface area contributed by atoms with Crippen LogP contribution in [-0.4, -0.2) is 28.8 Å². The molecule has 7 heteroatoms. The van der Waals surface area contributed by atoms with Crippen molar-refractivity contribution in [2.75, 3.05) is 13.1 Å². The highest BCUT2D eigenvalue weighted by atomic mass is 127. The lowest BCUT2D eigenvalue weighted by atomic mass is 10.1. The van der Waals surface area contributed by atoms with Crippen LogP contribution >= 0.6 is 24.0 Å². The third-order valence-electron chi connectivity index (χ3n) is 3.68. The fourth-order valence-corrected chi connectivity index (χ4v) is 2.31. The van der Waals surface area contributed by atoms with Crippen LogP contribution in [0.2, 0.25) is 0 Å². The van der Waals surface area contributed by atoms with Gasteiger partial charge in [0.25, 0.3) is 0 Å². The summed E-state index contributed by atoms with van der Waals surface area (Å²) in [6.07, 6.45) is 3.74. The van der Waals surface area contributed by atoms with Crippen LogP contribution in [-0.2, 0) is 13.1 Å². The Kier molecular flexibility index (Phi) is 9.48. The topological polar surface area (TPSA) is 54.2 Å². The SMILES string of the molecule is CCNC(=NCc1ccc(C)c(F)c1)NCC(C)Cn1cccn1.I. The van der Waals surface area contributed by atoms with E-state index in [1.165, 1.54) is 0 Å². The minimum atomic E-state index is -0.187. The standard InChI is InChI=1S/C18H26FN5.HI/c1-4-20-18(21-11-14(2)13-24-9-5-8-23-24)22-12-16-7-6-15(3)17(19)10-16;/h5-10,14H,4,11-13H2,1-3H3,(H2,20,21,22);1H. The van der Waals surface area contributed by atoms with Gasteiger partial charge in [0.2, 0.25) is 0 Å². The summed E-state index contributed by atoms with van der Waals surface area (Å²) in [6, 6.07) is 7.16. The molecular weight excluding hydrogens is 432 g/mol. The summed E-state index contributed by atoms with van der Waals surface area (Å²) in [5, 5.41) is 10.8. The number of hydrogen-bond acceptors (Lipinski definition) is 2. The summed E-state index contributed by atoms with van der Waals surface area (Å²) < 4.78 is 15.5. The van der Waals surface area contributed by atoms with Crippen LogP contribution in [0.1, 0.15) is 25.0 Å². The van der Waals surface area contributed by atoms with Gasteiger partial charge >= 0.3 is 0 Å². The first-order valence-corrected chi connectivity index (χ1v) is 8.33. The summed E-state index contributed by atoms with van der Waals surface area (Å²) in [5.74, 6) is 0.963. The number of benzene rings is 1. The minimum Gasteiger partial charge on any atom is -0.357 e. The van der Waals surface area contributed by atoms with E-state index in [1.807, 2.05) is 29.9 Å². The molecule has 0 bridgehead atoms. The van der Waals surface area contributed by atoms with E-state index in [9.17, 15) is 4.39 Å². The van der Waals surface area contributed by atoms with E-state index < -0.39 is 0 Å². The first-order valence-electron chi connectivity index (χ1n) is 8.33. The second kappa shape index (κ2) is 11.1. The molecule has 5 nitrogen and oxygen atoms in total. The Morgan fingerprint density at radius 1 is 1.36 bits per heavy atom. The number of guanidine groups is 1. The van der Waals surface area contributed by atoms with Crippen molar-refractivity contribution in [3.05, 3.63) is 53.6 Å². The largest absolute Gasteiger partial charge is 0.357 e. The lowest BCUT2D eigenvalue weighted by Gasteiger charge is -2.16. The predicted octanol–water partition coefficient (Wildman–Crippen LogP) is 3.34. The zero-order valence-electron chi connectivity index (χ0n) is 15.0. The third-order valence-corrected chi connectivity index (χ3v) is 3.68. The van der Waals surface area contributed by atoms with Gasteiger partial charge in [-0.05, 0) is 43.0 Å². The predicted molar refractivity (Wildman–Crippen MR) is 111 cm³/mol. The third kappa shape index (κ3) is 7.41. The number of aliphatic imine (C=N–C) groups is 1. The number of rotatable bonds is 7. The summed E-state index contributed by atoms with van der Waals surface area (Å²) >= 11 is 0. The zero-order valence-corrected chi connectivity index (χ0v) is 17.3. The van der Waals surface area contributed by atoms with Crippen LogP contribution in [0.3, 0.4) is 0 Å². The smallest absolute Gasteiger partial charge is 0.191 e. The van der Waals surface area contributed by atoms with Crippen LogP contribution in [0.25, 0.3) is 0 Å². The minimum absolute atomic E-state index is 0. The maximum absolute atomic E-state index is 13.6. The van der Waals surface area contributed by atoms with Gasteiger partial charge in [-0.1, -0.05) is 19.1 Å². The molecule has 1 unspecified atom stereocenters. The van der Waals surface area contributed by atoms with E-state index in [0.29, 0.717) is 18.0 Å². The van der Waals surface area contributed by atoms with Crippen molar-refractivity contribution in [3.8, 4) is 0 Å². The maximum Gasteiger partial charge on any atom is 0.191 e. The molecular formula is C18H27FIN5. The summed E-state index contributed by atoms with van der Waals surface area (Å²) in [7, 11) is 0. The number of hydrogen-bond donors (Lipinski definition) is 2. The zero-order chi connectivity index (χ0) is 17.4. The van der Waals surface area contributed by atoms with Crippen molar-refractivity contribution < 1.29 is 4.39 Å². The van der Waals surface area contributed by atoms with Gasteiger partial charge in [0, 0.05) is 32.0 Å². The number of aromatic nitrogens is 2. The highest BCUT2D eigenvalue weighted by molar-refractivity contribution is 14.0. The first-order chi connectivity index (χ1) is 11.6. The average Bonchev–Trinajstić information content (AvgIpc) is 3.06. The molecule has 0 saturated heterocycles. The normalized spacial score (nSPS) is 12.4. The molecule has 0 spiro atoms. The molecule has 0 aliphatic carbocycles. The van der Waals surface area contributed by atoms with Crippen LogP contribution in [0.4, 0.5) is 4.39 Å². The van der Waals surface area contributed by atoms with Gasteiger partial charge in [-0.25, -0.2) is 9.38 Å². The second-order valence-corrected chi connectivity index (χ2v) is 5.99. The molecule has 2 aromatic rings. The molecule has 0 aliphatic rings. The van der Waals surface area contributed by atoms with Crippen molar-refractivity contribution in [1.29, 1.82) is 0 Å². The first kappa shape index (κ1) is 21.4. The lowest BCUT2D eigenvalue weighted by Crippen LogP contribution is -2.40. The van der Waals surface area contributed by atoms with Gasteiger partial charge in [-0.2, -0.15) is 5.10 Å². The Labute approximate surface area is 166 Å². The number of aryl methyl sites for hydroxylation is 1. The van der Waals surface area contributed by atoms with Crippen molar-refractivity contribution in [1.82, 2.24) is 20.4 Å². The van der Waals surface area contributed by atoms with Gasteiger partial charge in [0.15, 0.2) is 5.96 Å². The Bertz CT molecular complexity index is 657. The van der Waals surface area contributed by atoms with E-state index >= 15 is 0 Å². The molecule has 0 aliphatic heterocycles. The van der Waals surface area contributed by atoms with Crippen LogP contribution in [0.5, 0.6) is 0 Å². The van der Waals surface area contributed by atoms with Crippen molar-refractivity contribution >= 4 is 29.9 Å². The van der Waals surface area contributed by atoms with Gasteiger partial charge in [-0.3, -0.25) is 4.68 Å². The molecule has 0 fully saturated rings. The lowest BCUT2D eigenvalue weighted by molar-refractivity contribution is 0.443. The van der Waals surface area contributed by atoms with E-state index in [2.05, 4.69) is 27.6 Å². The molecule has 0 amide bonds. The fourth-order valence-electron chi connectivity index (χ4n) is 2.31. The Morgan fingerprint density at radius 3 is 2.80 bits per heavy atom. The quantitative estimate of drug-likeness (QED) is 0.380. The molecule has 1 atom stereocenters. The Balaban J connectivity index is 0.00000312. The maximum atomic E-state index is 13.6. The molecule has 0 saturated carbocycles. The second-order valence-electron chi connectivity index (χ2n) is 5.99. The number of halogens is 2. The molecule has 2 rings (SSSR count). The molecule has 138 valence electrons. The van der Waals surface area contributed by atoms with E-state index in [4.69, 9.17) is 0 Å². The van der Waals surface area contributed by atoms with E-state index in [1.54, 1.807) is 25.3 Å². The summed E-state index contributed by atoms with van der Waals surface area (Å²) in [4.78, 5) is 4.53. The van der Waals surface area contributed by atoms with Crippen molar-refractivity contribution in [2.24, 2.45) is 10.9 Å². The number of nitrogens with one attached hydrogen (secondary N) is 2. The van der Waals surface area contributed by atoms with E-state index in [0.717, 1.165) is 31.2 Å².